The summed E-state index contributed by atoms with van der Waals surface area (Å²) in [6.07, 6.45) is 2.55. The fourth-order valence-corrected chi connectivity index (χ4v) is 3.95. The fraction of sp³-hybridized carbons (Fsp3) is 0.583. The standard InChI is InChI=1S/C12H16N4S2/c1-12(2,3)8-7(10-15-16-11(13)18-10)17-9(14-8)6-4-5-6/h6H,4-5H2,1-3H3,(H2,13,16). The van der Waals surface area contributed by atoms with Crippen LogP contribution in [0, 0.1) is 0 Å². The van der Waals surface area contributed by atoms with Gasteiger partial charge in [-0.05, 0) is 12.8 Å². The quantitative estimate of drug-likeness (QED) is 0.915. The van der Waals surface area contributed by atoms with Gasteiger partial charge in [-0.3, -0.25) is 0 Å². The van der Waals surface area contributed by atoms with E-state index in [0.717, 1.165) is 15.6 Å². The highest BCUT2D eigenvalue weighted by molar-refractivity contribution is 7.23. The number of nitrogens with two attached hydrogens (primary N) is 1. The Labute approximate surface area is 114 Å². The summed E-state index contributed by atoms with van der Waals surface area (Å²) >= 11 is 3.21. The molecule has 2 aromatic rings. The Morgan fingerprint density at radius 3 is 2.39 bits per heavy atom. The van der Waals surface area contributed by atoms with E-state index >= 15 is 0 Å². The van der Waals surface area contributed by atoms with Gasteiger partial charge in [-0.25, -0.2) is 4.98 Å². The van der Waals surface area contributed by atoms with E-state index in [1.165, 1.54) is 29.2 Å². The van der Waals surface area contributed by atoms with E-state index in [4.69, 9.17) is 10.7 Å². The second-order valence-electron chi connectivity index (χ2n) is 5.70. The molecule has 1 saturated carbocycles. The molecule has 0 aromatic carbocycles. The largest absolute Gasteiger partial charge is 0.374 e. The predicted molar refractivity (Wildman–Crippen MR) is 76.1 cm³/mol. The Morgan fingerprint density at radius 1 is 1.17 bits per heavy atom. The van der Waals surface area contributed by atoms with Crippen LogP contribution in [0.25, 0.3) is 9.88 Å². The summed E-state index contributed by atoms with van der Waals surface area (Å²) in [5.41, 5.74) is 6.84. The second kappa shape index (κ2) is 3.99. The van der Waals surface area contributed by atoms with Crippen LogP contribution in [-0.2, 0) is 5.41 Å². The molecular formula is C12H16N4S2. The molecule has 3 rings (SSSR count). The Bertz CT molecular complexity index is 575. The summed E-state index contributed by atoms with van der Waals surface area (Å²) in [7, 11) is 0. The molecule has 0 atom stereocenters. The van der Waals surface area contributed by atoms with Gasteiger partial charge in [-0.2, -0.15) is 0 Å². The van der Waals surface area contributed by atoms with Gasteiger partial charge in [0.1, 0.15) is 0 Å². The maximum atomic E-state index is 5.68. The number of thiazole rings is 1. The summed E-state index contributed by atoms with van der Waals surface area (Å²) in [6, 6.07) is 0. The van der Waals surface area contributed by atoms with Crippen molar-refractivity contribution >= 4 is 27.8 Å². The lowest BCUT2D eigenvalue weighted by molar-refractivity contribution is 0.572. The molecule has 0 amide bonds. The lowest BCUT2D eigenvalue weighted by atomic mass is 9.91. The third-order valence-corrected chi connectivity index (χ3v) is 5.04. The molecule has 0 radical (unpaired) electrons. The first-order chi connectivity index (χ1) is 8.45. The average Bonchev–Trinajstić information content (AvgIpc) is 2.87. The molecule has 0 saturated heterocycles. The molecule has 2 heterocycles. The van der Waals surface area contributed by atoms with Gasteiger partial charge in [0.25, 0.3) is 0 Å². The monoisotopic (exact) mass is 280 g/mol. The van der Waals surface area contributed by atoms with E-state index in [1.807, 2.05) is 0 Å². The van der Waals surface area contributed by atoms with Gasteiger partial charge < -0.3 is 5.73 Å². The van der Waals surface area contributed by atoms with Crippen molar-refractivity contribution in [2.45, 2.75) is 44.9 Å². The smallest absolute Gasteiger partial charge is 0.203 e. The summed E-state index contributed by atoms with van der Waals surface area (Å²) in [4.78, 5) is 6.00. The molecule has 6 heteroatoms. The summed E-state index contributed by atoms with van der Waals surface area (Å²) in [5, 5.41) is 10.8. The first-order valence-electron chi connectivity index (χ1n) is 6.05. The molecule has 2 aromatic heterocycles. The van der Waals surface area contributed by atoms with E-state index in [9.17, 15) is 0 Å². The van der Waals surface area contributed by atoms with Crippen molar-refractivity contribution in [2.75, 3.05) is 5.73 Å². The van der Waals surface area contributed by atoms with Crippen molar-refractivity contribution in [1.29, 1.82) is 0 Å². The van der Waals surface area contributed by atoms with Gasteiger partial charge in [-0.1, -0.05) is 32.1 Å². The van der Waals surface area contributed by atoms with Gasteiger partial charge in [0, 0.05) is 11.3 Å². The van der Waals surface area contributed by atoms with E-state index in [2.05, 4.69) is 31.0 Å². The number of anilines is 1. The summed E-state index contributed by atoms with van der Waals surface area (Å²) in [5.74, 6) is 0.676. The van der Waals surface area contributed by atoms with Gasteiger partial charge in [0.15, 0.2) is 5.01 Å². The molecule has 2 N–H and O–H groups in total. The minimum absolute atomic E-state index is 0.0272. The Kier molecular flexibility index (Phi) is 2.67. The molecule has 4 nitrogen and oxygen atoms in total. The van der Waals surface area contributed by atoms with Crippen LogP contribution in [0.3, 0.4) is 0 Å². The number of hydrogen-bond acceptors (Lipinski definition) is 6. The minimum Gasteiger partial charge on any atom is -0.374 e. The topological polar surface area (TPSA) is 64.7 Å². The number of aromatic nitrogens is 3. The van der Waals surface area contributed by atoms with Crippen molar-refractivity contribution in [3.63, 3.8) is 0 Å². The van der Waals surface area contributed by atoms with Crippen LogP contribution in [0.15, 0.2) is 0 Å². The van der Waals surface area contributed by atoms with E-state index < -0.39 is 0 Å². The second-order valence-corrected chi connectivity index (χ2v) is 7.74. The van der Waals surface area contributed by atoms with Crippen LogP contribution < -0.4 is 5.73 Å². The Hall–Kier alpha value is -1.01. The van der Waals surface area contributed by atoms with Gasteiger partial charge >= 0.3 is 0 Å². The van der Waals surface area contributed by atoms with E-state index in [0.29, 0.717) is 11.0 Å². The Morgan fingerprint density at radius 2 is 1.89 bits per heavy atom. The molecule has 0 unspecified atom stereocenters. The van der Waals surface area contributed by atoms with E-state index in [-0.39, 0.29) is 5.41 Å². The van der Waals surface area contributed by atoms with E-state index in [1.54, 1.807) is 11.3 Å². The highest BCUT2D eigenvalue weighted by Gasteiger charge is 2.32. The maximum absolute atomic E-state index is 5.68. The summed E-state index contributed by atoms with van der Waals surface area (Å²) in [6.45, 7) is 6.56. The normalized spacial score (nSPS) is 16.2. The third-order valence-electron chi connectivity index (χ3n) is 2.92. The average molecular weight is 280 g/mol. The van der Waals surface area contributed by atoms with Crippen molar-refractivity contribution in [3.8, 4) is 9.88 Å². The first kappa shape index (κ1) is 12.0. The van der Waals surface area contributed by atoms with Gasteiger partial charge in [-0.15, -0.1) is 21.5 Å². The number of nitrogen functional groups attached to an aromatic ring is 1. The van der Waals surface area contributed by atoms with Crippen LogP contribution in [0.5, 0.6) is 0 Å². The SMILES string of the molecule is CC(C)(C)c1nc(C2CC2)sc1-c1nnc(N)s1. The lowest BCUT2D eigenvalue weighted by Crippen LogP contribution is -2.13. The molecule has 1 fully saturated rings. The lowest BCUT2D eigenvalue weighted by Gasteiger charge is -2.16. The molecular weight excluding hydrogens is 264 g/mol. The third kappa shape index (κ3) is 2.14. The Balaban J connectivity index is 2.11. The number of nitrogens with zero attached hydrogens (tertiary/aromatic N) is 3. The maximum Gasteiger partial charge on any atom is 0.203 e. The number of rotatable bonds is 2. The van der Waals surface area contributed by atoms with Gasteiger partial charge in [0.05, 0.1) is 15.6 Å². The van der Waals surface area contributed by atoms with Crippen LogP contribution in [0.2, 0.25) is 0 Å². The molecule has 1 aliphatic rings. The molecule has 1 aliphatic carbocycles. The van der Waals surface area contributed by atoms with Crippen LogP contribution >= 0.6 is 22.7 Å². The molecule has 0 bridgehead atoms. The minimum atomic E-state index is 0.0272. The zero-order valence-corrected chi connectivity index (χ0v) is 12.4. The highest BCUT2D eigenvalue weighted by Crippen LogP contribution is 2.47. The van der Waals surface area contributed by atoms with Crippen molar-refractivity contribution in [3.05, 3.63) is 10.7 Å². The molecule has 96 valence electrons. The first-order valence-corrected chi connectivity index (χ1v) is 7.69. The van der Waals surface area contributed by atoms with Crippen molar-refractivity contribution in [2.24, 2.45) is 0 Å². The zero-order chi connectivity index (χ0) is 12.9. The van der Waals surface area contributed by atoms with Gasteiger partial charge in [0.2, 0.25) is 5.13 Å². The van der Waals surface area contributed by atoms with Crippen molar-refractivity contribution in [1.82, 2.24) is 15.2 Å². The zero-order valence-electron chi connectivity index (χ0n) is 10.7. The van der Waals surface area contributed by atoms with Crippen molar-refractivity contribution < 1.29 is 0 Å². The van der Waals surface area contributed by atoms with Crippen LogP contribution in [0.4, 0.5) is 5.13 Å². The summed E-state index contributed by atoms with van der Waals surface area (Å²) < 4.78 is 0. The van der Waals surface area contributed by atoms with Crippen LogP contribution in [0.1, 0.15) is 50.2 Å². The molecule has 18 heavy (non-hydrogen) atoms. The fourth-order valence-electron chi connectivity index (χ4n) is 1.82. The molecule has 0 spiro atoms. The highest BCUT2D eigenvalue weighted by atomic mass is 32.1. The van der Waals surface area contributed by atoms with Crippen LogP contribution in [-0.4, -0.2) is 15.2 Å². The number of hydrogen-bond donors (Lipinski definition) is 1. The predicted octanol–water partition coefficient (Wildman–Crippen LogP) is 3.42. The molecule has 0 aliphatic heterocycles.